The average molecular weight is 381 g/mol. The Hall–Kier alpha value is -1.37. The highest BCUT2D eigenvalue weighted by molar-refractivity contribution is 7.99. The average Bonchev–Trinajstić information content (AvgIpc) is 2.64. The minimum absolute atomic E-state index is 0.00734. The van der Waals surface area contributed by atoms with Crippen LogP contribution in [0.15, 0.2) is 29.2 Å². The van der Waals surface area contributed by atoms with Crippen molar-refractivity contribution in [2.75, 3.05) is 25.6 Å². The summed E-state index contributed by atoms with van der Waals surface area (Å²) in [4.78, 5) is 23.2. The van der Waals surface area contributed by atoms with E-state index in [4.69, 9.17) is 14.2 Å². The van der Waals surface area contributed by atoms with Crippen molar-refractivity contribution in [3.8, 4) is 0 Å². The number of aryl methyl sites for hydroxylation is 1. The Morgan fingerprint density at radius 2 is 2.00 bits per heavy atom. The zero-order chi connectivity index (χ0) is 18.6. The van der Waals surface area contributed by atoms with Gasteiger partial charge in [-0.1, -0.05) is 12.1 Å². The van der Waals surface area contributed by atoms with Gasteiger partial charge in [-0.25, -0.2) is 0 Å². The number of hydrogen-bond acceptors (Lipinski definition) is 6. The van der Waals surface area contributed by atoms with Crippen LogP contribution in [-0.2, 0) is 30.2 Å². The smallest absolute Gasteiger partial charge is 0.313 e. The van der Waals surface area contributed by atoms with Gasteiger partial charge in [0.25, 0.3) is 0 Å². The zero-order valence-corrected chi connectivity index (χ0v) is 16.2. The summed E-state index contributed by atoms with van der Waals surface area (Å²) >= 11 is 1.63. The molecule has 6 heteroatoms. The largest absolute Gasteiger partial charge is 0.464 e. The molecule has 0 spiro atoms. The lowest BCUT2D eigenvalue weighted by molar-refractivity contribution is -0.162. The molecule has 1 saturated heterocycles. The van der Waals surface area contributed by atoms with Gasteiger partial charge in [0.1, 0.15) is 18.8 Å². The molecule has 1 aromatic carbocycles. The first kappa shape index (κ1) is 20.9. The SMILES string of the molecule is CC(=O)CC(=O)OCCSc1ccc(CCCOC2CCCCO2)cc1. The van der Waals surface area contributed by atoms with Crippen LogP contribution >= 0.6 is 11.8 Å². The molecular formula is C20H28O5S. The second-order valence-electron chi connectivity index (χ2n) is 6.36. The van der Waals surface area contributed by atoms with Crippen molar-refractivity contribution in [1.82, 2.24) is 0 Å². The monoisotopic (exact) mass is 380 g/mol. The number of rotatable bonds is 11. The molecule has 1 aliphatic rings. The summed E-state index contributed by atoms with van der Waals surface area (Å²) in [5, 5.41) is 0. The van der Waals surface area contributed by atoms with E-state index >= 15 is 0 Å². The number of ether oxygens (including phenoxy) is 3. The van der Waals surface area contributed by atoms with Gasteiger partial charge in [-0.05, 0) is 56.7 Å². The molecule has 0 N–H and O–H groups in total. The molecule has 0 bridgehead atoms. The maximum Gasteiger partial charge on any atom is 0.313 e. The molecule has 0 aromatic heterocycles. The third-order valence-corrected chi connectivity index (χ3v) is 4.96. The van der Waals surface area contributed by atoms with Crippen LogP contribution in [0.1, 0.15) is 44.6 Å². The Balaban J connectivity index is 1.55. The maximum absolute atomic E-state index is 11.3. The molecule has 1 atom stereocenters. The molecule has 5 nitrogen and oxygen atoms in total. The van der Waals surface area contributed by atoms with E-state index in [1.54, 1.807) is 11.8 Å². The molecular weight excluding hydrogens is 352 g/mol. The first-order valence-corrected chi connectivity index (χ1v) is 10.2. The molecule has 0 amide bonds. The predicted octanol–water partition coefficient (Wildman–Crippen LogP) is 3.78. The van der Waals surface area contributed by atoms with Gasteiger partial charge in [-0.3, -0.25) is 9.59 Å². The van der Waals surface area contributed by atoms with Crippen LogP contribution in [0, 0.1) is 0 Å². The number of hydrogen-bond donors (Lipinski definition) is 0. The van der Waals surface area contributed by atoms with Crippen LogP contribution in [0.2, 0.25) is 0 Å². The first-order valence-electron chi connectivity index (χ1n) is 9.23. The molecule has 0 radical (unpaired) electrons. The Bertz CT molecular complexity index is 552. The summed E-state index contributed by atoms with van der Waals surface area (Å²) in [5.41, 5.74) is 1.29. The Morgan fingerprint density at radius 3 is 2.69 bits per heavy atom. The van der Waals surface area contributed by atoms with E-state index in [0.29, 0.717) is 12.4 Å². The fraction of sp³-hybridized carbons (Fsp3) is 0.600. The van der Waals surface area contributed by atoms with E-state index in [1.165, 1.54) is 18.9 Å². The van der Waals surface area contributed by atoms with Crippen LogP contribution in [0.5, 0.6) is 0 Å². The van der Waals surface area contributed by atoms with Gasteiger partial charge >= 0.3 is 5.97 Å². The molecule has 0 aliphatic carbocycles. The summed E-state index contributed by atoms with van der Waals surface area (Å²) in [6.45, 7) is 3.25. The molecule has 1 aromatic rings. The van der Waals surface area contributed by atoms with Crippen molar-refractivity contribution in [3.05, 3.63) is 29.8 Å². The number of esters is 1. The Kier molecular flexibility index (Phi) is 9.74. The van der Waals surface area contributed by atoms with E-state index in [-0.39, 0.29) is 18.5 Å². The molecule has 1 heterocycles. The molecule has 1 aliphatic heterocycles. The fourth-order valence-electron chi connectivity index (χ4n) is 2.66. The van der Waals surface area contributed by atoms with Crippen molar-refractivity contribution < 1.29 is 23.8 Å². The number of Topliss-reactive ketones (excluding diaryl/α,β-unsaturated/α-hetero) is 1. The molecule has 1 unspecified atom stereocenters. The summed E-state index contributed by atoms with van der Waals surface area (Å²) in [5.74, 6) is 0.0577. The number of carbonyl (C=O) groups is 2. The molecule has 1 fully saturated rings. The number of carbonyl (C=O) groups excluding carboxylic acids is 2. The van der Waals surface area contributed by atoms with E-state index in [9.17, 15) is 9.59 Å². The van der Waals surface area contributed by atoms with Crippen molar-refractivity contribution in [3.63, 3.8) is 0 Å². The van der Waals surface area contributed by atoms with Crippen molar-refractivity contribution >= 4 is 23.5 Å². The summed E-state index contributed by atoms with van der Waals surface area (Å²) in [6.07, 6.45) is 5.17. The lowest BCUT2D eigenvalue weighted by Crippen LogP contribution is -2.22. The zero-order valence-electron chi connectivity index (χ0n) is 15.4. The normalized spacial score (nSPS) is 17.0. The number of benzene rings is 1. The maximum atomic E-state index is 11.3. The number of thioether (sulfide) groups is 1. The van der Waals surface area contributed by atoms with Gasteiger partial charge in [0.05, 0.1) is 6.61 Å². The van der Waals surface area contributed by atoms with Crippen molar-refractivity contribution in [2.24, 2.45) is 0 Å². The van der Waals surface area contributed by atoms with Gasteiger partial charge in [0.2, 0.25) is 0 Å². The third kappa shape index (κ3) is 8.83. The highest BCUT2D eigenvalue weighted by atomic mass is 32.2. The van der Waals surface area contributed by atoms with Crippen molar-refractivity contribution in [2.45, 2.75) is 56.6 Å². The van der Waals surface area contributed by atoms with Crippen LogP contribution < -0.4 is 0 Å². The summed E-state index contributed by atoms with van der Waals surface area (Å²) < 4.78 is 16.3. The van der Waals surface area contributed by atoms with Crippen LogP contribution in [0.25, 0.3) is 0 Å². The summed E-state index contributed by atoms with van der Waals surface area (Å²) in [6, 6.07) is 8.42. The third-order valence-electron chi connectivity index (χ3n) is 3.98. The van der Waals surface area contributed by atoms with Crippen molar-refractivity contribution in [1.29, 1.82) is 0 Å². The van der Waals surface area contributed by atoms with Gasteiger partial charge in [0, 0.05) is 17.3 Å². The lowest BCUT2D eigenvalue weighted by atomic mass is 10.1. The number of ketones is 1. The van der Waals surface area contributed by atoms with Gasteiger partial charge < -0.3 is 14.2 Å². The predicted molar refractivity (Wildman–Crippen MR) is 101 cm³/mol. The Labute approximate surface area is 159 Å². The second kappa shape index (κ2) is 12.1. The van der Waals surface area contributed by atoms with Gasteiger partial charge in [-0.15, -0.1) is 11.8 Å². The van der Waals surface area contributed by atoms with Crippen LogP contribution in [0.3, 0.4) is 0 Å². The lowest BCUT2D eigenvalue weighted by Gasteiger charge is -2.22. The Morgan fingerprint density at radius 1 is 1.19 bits per heavy atom. The quantitative estimate of drug-likeness (QED) is 0.252. The topological polar surface area (TPSA) is 61.8 Å². The minimum Gasteiger partial charge on any atom is -0.464 e. The van der Waals surface area contributed by atoms with E-state index in [1.807, 2.05) is 0 Å². The molecule has 2 rings (SSSR count). The standard InChI is InChI=1S/C20H28O5S/c1-16(21)15-19(22)23-13-14-26-18-9-7-17(8-10-18)5-4-12-25-20-6-2-3-11-24-20/h7-10,20H,2-6,11-15H2,1H3. The van der Waals surface area contributed by atoms with E-state index in [2.05, 4.69) is 24.3 Å². The first-order chi connectivity index (χ1) is 12.6. The highest BCUT2D eigenvalue weighted by Crippen LogP contribution is 2.19. The fourth-order valence-corrected chi connectivity index (χ4v) is 3.39. The van der Waals surface area contributed by atoms with E-state index in [0.717, 1.165) is 43.8 Å². The van der Waals surface area contributed by atoms with Crippen LogP contribution in [-0.4, -0.2) is 43.6 Å². The summed E-state index contributed by atoms with van der Waals surface area (Å²) in [7, 11) is 0. The second-order valence-corrected chi connectivity index (χ2v) is 7.53. The minimum atomic E-state index is -0.450. The molecule has 0 saturated carbocycles. The van der Waals surface area contributed by atoms with Crippen LogP contribution in [0.4, 0.5) is 0 Å². The van der Waals surface area contributed by atoms with E-state index < -0.39 is 5.97 Å². The highest BCUT2D eigenvalue weighted by Gasteiger charge is 2.13. The molecule has 144 valence electrons. The molecule has 26 heavy (non-hydrogen) atoms. The van der Waals surface area contributed by atoms with Gasteiger partial charge in [-0.2, -0.15) is 0 Å². The van der Waals surface area contributed by atoms with Gasteiger partial charge in [0.15, 0.2) is 6.29 Å².